The maximum absolute atomic E-state index is 12.3. The van der Waals surface area contributed by atoms with E-state index in [0.29, 0.717) is 17.0 Å². The summed E-state index contributed by atoms with van der Waals surface area (Å²) < 4.78 is 7.93. The van der Waals surface area contributed by atoms with Crippen molar-refractivity contribution < 1.29 is 14.3 Å². The molecule has 0 radical (unpaired) electrons. The number of nitrogens with zero attached hydrogens (tertiary/aromatic N) is 3. The highest BCUT2D eigenvalue weighted by Gasteiger charge is 2.12. The molecule has 0 bridgehead atoms. The van der Waals surface area contributed by atoms with Gasteiger partial charge in [-0.25, -0.2) is 10.2 Å². The van der Waals surface area contributed by atoms with Crippen molar-refractivity contribution in [2.24, 2.45) is 5.10 Å². The van der Waals surface area contributed by atoms with Crippen LogP contribution in [-0.4, -0.2) is 27.4 Å². The van der Waals surface area contributed by atoms with Crippen molar-refractivity contribution in [2.45, 2.75) is 34.2 Å². The molecule has 0 unspecified atom stereocenters. The van der Waals surface area contributed by atoms with Crippen molar-refractivity contribution in [3.05, 3.63) is 81.1 Å². The van der Waals surface area contributed by atoms with Gasteiger partial charge in [0, 0.05) is 0 Å². The van der Waals surface area contributed by atoms with Gasteiger partial charge in [0.1, 0.15) is 12.3 Å². The van der Waals surface area contributed by atoms with E-state index in [1.807, 2.05) is 32.9 Å². The van der Waals surface area contributed by atoms with Crippen LogP contribution in [0.2, 0.25) is 0 Å². The molecule has 0 saturated carbocycles. The number of nitrogens with one attached hydrogen (secondary N) is 1. The summed E-state index contributed by atoms with van der Waals surface area (Å²) in [6, 6.07) is 14.2. The predicted octanol–water partition coefficient (Wildman–Crippen LogP) is 4.33. The zero-order valence-corrected chi connectivity index (χ0v) is 19.4. The highest BCUT2D eigenvalue weighted by Crippen LogP contribution is 2.19. The molecule has 3 rings (SSSR count). The van der Waals surface area contributed by atoms with Crippen molar-refractivity contribution >= 4 is 33.5 Å². The van der Waals surface area contributed by atoms with Crippen LogP contribution in [0, 0.1) is 20.8 Å². The number of benzene rings is 2. The first kappa shape index (κ1) is 22.4. The molecule has 0 spiro atoms. The second kappa shape index (κ2) is 9.70. The van der Waals surface area contributed by atoms with Crippen LogP contribution < -0.4 is 10.2 Å². The largest absolute Gasteiger partial charge is 0.423 e. The molecule has 0 aliphatic rings. The molecule has 7 nitrogen and oxygen atoms in total. The summed E-state index contributed by atoms with van der Waals surface area (Å²) in [5.74, 6) is -0.256. The highest BCUT2D eigenvalue weighted by molar-refractivity contribution is 9.10. The van der Waals surface area contributed by atoms with Crippen LogP contribution in [0.25, 0.3) is 0 Å². The predicted molar refractivity (Wildman–Crippen MR) is 122 cm³/mol. The van der Waals surface area contributed by atoms with Gasteiger partial charge >= 0.3 is 5.97 Å². The lowest BCUT2D eigenvalue weighted by Gasteiger charge is -2.07. The summed E-state index contributed by atoms with van der Waals surface area (Å²) in [7, 11) is 0. The fourth-order valence-corrected chi connectivity index (χ4v) is 3.20. The molecule has 1 amide bonds. The number of esters is 1. The lowest BCUT2D eigenvalue weighted by molar-refractivity contribution is -0.121. The first-order valence-electron chi connectivity index (χ1n) is 9.66. The molecule has 0 saturated heterocycles. The molecule has 3 aromatic rings. The minimum Gasteiger partial charge on any atom is -0.423 e. The number of hydrogen-bond acceptors (Lipinski definition) is 5. The van der Waals surface area contributed by atoms with Crippen LogP contribution in [0.1, 0.15) is 39.8 Å². The molecule has 0 aliphatic carbocycles. The van der Waals surface area contributed by atoms with Gasteiger partial charge in [0.15, 0.2) is 0 Å². The van der Waals surface area contributed by atoms with E-state index in [-0.39, 0.29) is 12.5 Å². The van der Waals surface area contributed by atoms with Crippen LogP contribution in [0.5, 0.6) is 5.75 Å². The van der Waals surface area contributed by atoms with Crippen LogP contribution in [0.3, 0.4) is 0 Å². The number of rotatable bonds is 6. The summed E-state index contributed by atoms with van der Waals surface area (Å²) in [5.41, 5.74) is 7.16. The zero-order chi connectivity index (χ0) is 22.5. The quantitative estimate of drug-likeness (QED) is 0.245. The summed E-state index contributed by atoms with van der Waals surface area (Å²) in [6.45, 7) is 7.54. The molecule has 8 heteroatoms. The summed E-state index contributed by atoms with van der Waals surface area (Å²) in [4.78, 5) is 24.5. The molecular weight excluding hydrogens is 460 g/mol. The molecule has 0 aliphatic heterocycles. The van der Waals surface area contributed by atoms with Crippen molar-refractivity contribution in [1.29, 1.82) is 0 Å². The van der Waals surface area contributed by atoms with Crippen molar-refractivity contribution in [3.63, 3.8) is 0 Å². The van der Waals surface area contributed by atoms with Gasteiger partial charge in [-0.15, -0.1) is 0 Å². The van der Waals surface area contributed by atoms with E-state index in [4.69, 9.17) is 4.74 Å². The fourth-order valence-electron chi connectivity index (χ4n) is 2.91. The molecule has 1 heterocycles. The van der Waals surface area contributed by atoms with Gasteiger partial charge in [-0.3, -0.25) is 9.48 Å². The Morgan fingerprint density at radius 1 is 1.10 bits per heavy atom. The number of carbonyl (C=O) groups excluding carboxylic acids is 2. The van der Waals surface area contributed by atoms with Gasteiger partial charge in [-0.05, 0) is 85.6 Å². The summed E-state index contributed by atoms with van der Waals surface area (Å²) in [5, 5.41) is 8.47. The highest BCUT2D eigenvalue weighted by atomic mass is 79.9. The van der Waals surface area contributed by atoms with Gasteiger partial charge in [0.05, 0.1) is 27.1 Å². The second-order valence-electron chi connectivity index (χ2n) is 7.16. The first-order valence-corrected chi connectivity index (χ1v) is 10.5. The van der Waals surface area contributed by atoms with E-state index >= 15 is 0 Å². The van der Waals surface area contributed by atoms with E-state index in [2.05, 4.69) is 31.6 Å². The lowest BCUT2D eigenvalue weighted by Crippen LogP contribution is -2.25. The Kier molecular flexibility index (Phi) is 7.02. The number of aryl methyl sites for hydroxylation is 2. The molecule has 0 atom stereocenters. The topological polar surface area (TPSA) is 85.6 Å². The van der Waals surface area contributed by atoms with E-state index in [9.17, 15) is 9.59 Å². The molecule has 0 fully saturated rings. The maximum Gasteiger partial charge on any atom is 0.343 e. The third-order valence-electron chi connectivity index (χ3n) is 4.67. The maximum atomic E-state index is 12.3. The van der Waals surface area contributed by atoms with Crippen LogP contribution in [-0.2, 0) is 11.3 Å². The second-order valence-corrected chi connectivity index (χ2v) is 7.95. The van der Waals surface area contributed by atoms with E-state index < -0.39 is 5.97 Å². The van der Waals surface area contributed by atoms with Crippen molar-refractivity contribution in [1.82, 2.24) is 15.2 Å². The minimum atomic E-state index is -0.412. The van der Waals surface area contributed by atoms with Crippen LogP contribution in [0.15, 0.2) is 58.1 Å². The number of hydrazone groups is 1. The third kappa shape index (κ3) is 5.67. The van der Waals surface area contributed by atoms with Gasteiger partial charge in [0.2, 0.25) is 0 Å². The minimum absolute atomic E-state index is 0.0723. The van der Waals surface area contributed by atoms with E-state index in [0.717, 1.165) is 27.0 Å². The Labute approximate surface area is 189 Å². The normalized spacial score (nSPS) is 11.3. The molecule has 160 valence electrons. The van der Waals surface area contributed by atoms with Gasteiger partial charge in [0.25, 0.3) is 5.91 Å². The molecule has 2 aromatic carbocycles. The Balaban J connectivity index is 1.59. The fraction of sp³-hybridized carbons (Fsp3) is 0.217. The lowest BCUT2D eigenvalue weighted by atomic mass is 10.1. The Morgan fingerprint density at radius 2 is 1.81 bits per heavy atom. The average Bonchev–Trinajstić information content (AvgIpc) is 2.99. The van der Waals surface area contributed by atoms with E-state index in [1.165, 1.54) is 0 Å². The molecule has 31 heavy (non-hydrogen) atoms. The van der Waals surface area contributed by atoms with Gasteiger partial charge in [-0.2, -0.15) is 10.2 Å². The number of ether oxygens (including phenoxy) is 1. The molecule has 1 aromatic heterocycles. The monoisotopic (exact) mass is 482 g/mol. The average molecular weight is 483 g/mol. The van der Waals surface area contributed by atoms with Crippen molar-refractivity contribution in [2.75, 3.05) is 0 Å². The Bertz CT molecular complexity index is 1150. The third-order valence-corrected chi connectivity index (χ3v) is 5.82. The SMILES string of the molecule is C/C(=N\NC(=O)Cn1nc(C)c(Br)c1C)c1ccc(OC(=O)c2cccc(C)c2)cc1. The summed E-state index contributed by atoms with van der Waals surface area (Å²) in [6.07, 6.45) is 0. The Morgan fingerprint density at radius 3 is 2.42 bits per heavy atom. The number of carbonyl (C=O) groups is 2. The number of aromatic nitrogens is 2. The zero-order valence-electron chi connectivity index (χ0n) is 17.8. The van der Waals surface area contributed by atoms with Crippen LogP contribution in [0.4, 0.5) is 0 Å². The molecule has 1 N–H and O–H groups in total. The number of amides is 1. The number of hydrogen-bond donors (Lipinski definition) is 1. The van der Waals surface area contributed by atoms with Gasteiger partial charge in [-0.1, -0.05) is 17.7 Å². The van der Waals surface area contributed by atoms with Crippen LogP contribution >= 0.6 is 15.9 Å². The summed E-state index contributed by atoms with van der Waals surface area (Å²) >= 11 is 3.45. The van der Waals surface area contributed by atoms with Crippen molar-refractivity contribution in [3.8, 4) is 5.75 Å². The molecular formula is C23H23BrN4O3. The number of halogens is 1. The first-order chi connectivity index (χ1) is 14.7. The Hall–Kier alpha value is -3.26. The smallest absolute Gasteiger partial charge is 0.343 e. The van der Waals surface area contributed by atoms with Gasteiger partial charge < -0.3 is 4.74 Å². The van der Waals surface area contributed by atoms with E-state index in [1.54, 1.807) is 48.0 Å². The standard InChI is InChI=1S/C23H23BrN4O3/c1-14-6-5-7-19(12-14)23(30)31-20-10-8-18(9-11-20)15(2)25-26-21(29)13-28-17(4)22(24)16(3)27-28/h5-12H,13H2,1-4H3,(H,26,29)/b25-15+.